The van der Waals surface area contributed by atoms with Crippen LogP contribution in [0.15, 0.2) is 24.3 Å². The van der Waals surface area contributed by atoms with Crippen LogP contribution < -0.4 is 0 Å². The van der Waals surface area contributed by atoms with Gasteiger partial charge in [0.05, 0.1) is 5.54 Å². The highest BCUT2D eigenvalue weighted by Gasteiger charge is 2.72. The smallest absolute Gasteiger partial charge is 0.262 e. The molecule has 1 N–H and O–H groups in total. The minimum absolute atomic E-state index is 0.0985. The van der Waals surface area contributed by atoms with Gasteiger partial charge in [-0.1, -0.05) is 62.3 Å². The third-order valence-corrected chi connectivity index (χ3v) is 6.76. The Morgan fingerprint density at radius 2 is 1.71 bits per heavy atom. The minimum atomic E-state index is -1.39. The standard InChI is InChI=1S/C20H26ClNO2/c21-16-9-7-8-15(14-16)20(24)18(23)22(17-10-3-1-4-11-17)19(20)12-5-2-6-13-19/h7-9,14,17,24H,1-6,10-13H2. The number of hydrogen-bond donors (Lipinski definition) is 1. The topological polar surface area (TPSA) is 40.5 Å². The fraction of sp³-hybridized carbons (Fsp3) is 0.650. The molecule has 3 fully saturated rings. The van der Waals surface area contributed by atoms with Crippen molar-refractivity contribution < 1.29 is 9.90 Å². The van der Waals surface area contributed by atoms with Gasteiger partial charge in [-0.15, -0.1) is 0 Å². The molecule has 1 saturated heterocycles. The van der Waals surface area contributed by atoms with Gasteiger partial charge >= 0.3 is 0 Å². The van der Waals surface area contributed by atoms with E-state index in [1.807, 2.05) is 12.1 Å². The van der Waals surface area contributed by atoms with Crippen LogP contribution in [0.4, 0.5) is 0 Å². The Bertz CT molecular complexity index is 634. The van der Waals surface area contributed by atoms with E-state index < -0.39 is 11.1 Å². The minimum Gasteiger partial charge on any atom is -0.373 e. The number of β-lactam (4-membered cyclic amide) rings is 1. The molecule has 1 atom stereocenters. The van der Waals surface area contributed by atoms with Crippen LogP contribution in [0.3, 0.4) is 0 Å². The maximum atomic E-state index is 13.2. The van der Waals surface area contributed by atoms with Gasteiger partial charge in [-0.3, -0.25) is 4.79 Å². The second-order valence-electron chi connectivity index (χ2n) is 7.78. The lowest BCUT2D eigenvalue weighted by Crippen LogP contribution is -2.82. The van der Waals surface area contributed by atoms with E-state index in [1.165, 1.54) is 25.7 Å². The van der Waals surface area contributed by atoms with E-state index in [1.54, 1.807) is 12.1 Å². The molecule has 3 nitrogen and oxygen atoms in total. The van der Waals surface area contributed by atoms with E-state index in [9.17, 15) is 9.90 Å². The Hall–Kier alpha value is -1.06. The van der Waals surface area contributed by atoms with Gasteiger partial charge in [0, 0.05) is 11.1 Å². The molecule has 1 aromatic carbocycles. The number of nitrogens with zero attached hydrogens (tertiary/aromatic N) is 1. The van der Waals surface area contributed by atoms with Crippen LogP contribution in [0.1, 0.15) is 69.8 Å². The summed E-state index contributed by atoms with van der Waals surface area (Å²) < 4.78 is 0. The van der Waals surface area contributed by atoms with Gasteiger partial charge in [0.2, 0.25) is 0 Å². The quantitative estimate of drug-likeness (QED) is 0.805. The molecule has 4 heteroatoms. The Morgan fingerprint density at radius 1 is 1.04 bits per heavy atom. The average molecular weight is 348 g/mol. The number of benzene rings is 1. The predicted octanol–water partition coefficient (Wildman–Crippen LogP) is 4.41. The first kappa shape index (κ1) is 16.4. The van der Waals surface area contributed by atoms with Crippen LogP contribution in [0.2, 0.25) is 5.02 Å². The van der Waals surface area contributed by atoms with Crippen LogP contribution in [0.5, 0.6) is 0 Å². The number of aliphatic hydroxyl groups is 1. The summed E-state index contributed by atoms with van der Waals surface area (Å²) in [5.41, 5.74) is -1.14. The van der Waals surface area contributed by atoms with Crippen LogP contribution in [0, 0.1) is 0 Å². The van der Waals surface area contributed by atoms with Crippen molar-refractivity contribution in [1.82, 2.24) is 4.90 Å². The summed E-state index contributed by atoms with van der Waals surface area (Å²) in [6.45, 7) is 0. The molecule has 2 aliphatic carbocycles. The van der Waals surface area contributed by atoms with Crippen molar-refractivity contribution in [2.45, 2.75) is 81.4 Å². The summed E-state index contributed by atoms with van der Waals surface area (Å²) >= 11 is 6.16. The van der Waals surface area contributed by atoms with Gasteiger partial charge in [-0.25, -0.2) is 0 Å². The van der Waals surface area contributed by atoms with E-state index in [0.29, 0.717) is 16.6 Å². The van der Waals surface area contributed by atoms with E-state index in [0.717, 1.165) is 38.5 Å². The molecule has 1 aliphatic heterocycles. The summed E-state index contributed by atoms with van der Waals surface area (Å²) in [6, 6.07) is 7.57. The molecule has 130 valence electrons. The van der Waals surface area contributed by atoms with Gasteiger partial charge < -0.3 is 10.0 Å². The van der Waals surface area contributed by atoms with Crippen molar-refractivity contribution in [3.63, 3.8) is 0 Å². The Kier molecular flexibility index (Phi) is 4.12. The molecule has 1 spiro atoms. The van der Waals surface area contributed by atoms with Gasteiger partial charge in [0.25, 0.3) is 5.91 Å². The van der Waals surface area contributed by atoms with Crippen LogP contribution in [0.25, 0.3) is 0 Å². The molecule has 2 saturated carbocycles. The zero-order chi connectivity index (χ0) is 16.8. The molecule has 1 aromatic rings. The van der Waals surface area contributed by atoms with E-state index >= 15 is 0 Å². The second kappa shape index (κ2) is 6.03. The molecule has 0 bridgehead atoms. The van der Waals surface area contributed by atoms with Gasteiger partial charge in [-0.05, 0) is 43.4 Å². The highest BCUT2D eigenvalue weighted by molar-refractivity contribution is 6.30. The monoisotopic (exact) mass is 347 g/mol. The number of likely N-dealkylation sites (tertiary alicyclic amines) is 1. The van der Waals surface area contributed by atoms with E-state index in [2.05, 4.69) is 4.90 Å². The number of carbonyl (C=O) groups is 1. The summed E-state index contributed by atoms with van der Waals surface area (Å²) in [6.07, 6.45) is 11.0. The predicted molar refractivity (Wildman–Crippen MR) is 94.9 cm³/mol. The fourth-order valence-corrected chi connectivity index (χ4v) is 5.58. The van der Waals surface area contributed by atoms with Gasteiger partial charge in [-0.2, -0.15) is 0 Å². The first-order valence-electron chi connectivity index (χ1n) is 9.42. The lowest BCUT2D eigenvalue weighted by molar-refractivity contribution is -0.240. The molecule has 1 unspecified atom stereocenters. The fourth-order valence-electron chi connectivity index (χ4n) is 5.39. The van der Waals surface area contributed by atoms with Crippen molar-refractivity contribution in [2.24, 2.45) is 0 Å². The maximum absolute atomic E-state index is 13.2. The van der Waals surface area contributed by atoms with Crippen LogP contribution in [-0.2, 0) is 10.4 Å². The number of rotatable bonds is 2. The molecule has 3 aliphatic rings. The van der Waals surface area contributed by atoms with Crippen LogP contribution >= 0.6 is 11.6 Å². The Morgan fingerprint density at radius 3 is 2.38 bits per heavy atom. The second-order valence-corrected chi connectivity index (χ2v) is 8.22. The highest BCUT2D eigenvalue weighted by Crippen LogP contribution is 2.57. The third-order valence-electron chi connectivity index (χ3n) is 6.53. The van der Waals surface area contributed by atoms with Crippen molar-refractivity contribution >= 4 is 17.5 Å². The van der Waals surface area contributed by atoms with Gasteiger partial charge in [0.1, 0.15) is 0 Å². The largest absolute Gasteiger partial charge is 0.373 e. The summed E-state index contributed by atoms with van der Waals surface area (Å²) in [7, 11) is 0. The Balaban J connectivity index is 1.75. The Labute approximate surface area is 149 Å². The zero-order valence-electron chi connectivity index (χ0n) is 14.1. The lowest BCUT2D eigenvalue weighted by atomic mass is 9.58. The summed E-state index contributed by atoms with van der Waals surface area (Å²) in [4.78, 5) is 15.3. The highest BCUT2D eigenvalue weighted by atomic mass is 35.5. The molecule has 0 aromatic heterocycles. The average Bonchev–Trinajstić information content (AvgIpc) is 2.63. The van der Waals surface area contributed by atoms with E-state index in [-0.39, 0.29) is 5.91 Å². The first-order chi connectivity index (χ1) is 11.6. The van der Waals surface area contributed by atoms with Crippen molar-refractivity contribution in [3.8, 4) is 0 Å². The van der Waals surface area contributed by atoms with Crippen LogP contribution in [-0.4, -0.2) is 27.5 Å². The SMILES string of the molecule is O=C1N(C2CCCCC2)C2(CCCCC2)C1(O)c1cccc(Cl)c1. The molecule has 24 heavy (non-hydrogen) atoms. The molecule has 4 rings (SSSR count). The molecular formula is C20H26ClNO2. The number of halogens is 1. The number of carbonyl (C=O) groups excluding carboxylic acids is 1. The number of hydrogen-bond acceptors (Lipinski definition) is 2. The lowest BCUT2D eigenvalue weighted by Gasteiger charge is -2.66. The van der Waals surface area contributed by atoms with Crippen molar-refractivity contribution in [3.05, 3.63) is 34.9 Å². The zero-order valence-corrected chi connectivity index (χ0v) is 14.9. The van der Waals surface area contributed by atoms with Crippen molar-refractivity contribution in [1.29, 1.82) is 0 Å². The third kappa shape index (κ3) is 2.17. The van der Waals surface area contributed by atoms with Crippen molar-refractivity contribution in [2.75, 3.05) is 0 Å². The summed E-state index contributed by atoms with van der Waals surface area (Å²) in [5.74, 6) is -0.0985. The first-order valence-corrected chi connectivity index (χ1v) is 9.80. The van der Waals surface area contributed by atoms with E-state index in [4.69, 9.17) is 11.6 Å². The number of amides is 1. The van der Waals surface area contributed by atoms with Gasteiger partial charge in [0.15, 0.2) is 5.60 Å². The maximum Gasteiger partial charge on any atom is 0.262 e. The molecular weight excluding hydrogens is 322 g/mol. The molecule has 1 heterocycles. The summed E-state index contributed by atoms with van der Waals surface area (Å²) in [5, 5.41) is 12.2. The molecule has 0 radical (unpaired) electrons. The molecule has 1 amide bonds. The normalized spacial score (nSPS) is 30.4.